The van der Waals surface area contributed by atoms with Gasteiger partial charge in [0.2, 0.25) is 0 Å². The van der Waals surface area contributed by atoms with Gasteiger partial charge < -0.3 is 15.0 Å². The maximum absolute atomic E-state index is 13.6. The highest BCUT2D eigenvalue weighted by Gasteiger charge is 2.47. The predicted octanol–water partition coefficient (Wildman–Crippen LogP) is 4.16. The topological polar surface area (TPSA) is 54.5 Å². The number of likely N-dealkylation sites (N-methyl/N-ethyl adjacent to an activating group) is 1. The number of nitrogens with one attached hydrogen (secondary N) is 1. The highest BCUT2D eigenvalue weighted by molar-refractivity contribution is 6.11. The van der Waals surface area contributed by atoms with Crippen LogP contribution < -0.4 is 10.1 Å². The van der Waals surface area contributed by atoms with E-state index in [1.54, 1.807) is 0 Å². The van der Waals surface area contributed by atoms with Crippen molar-refractivity contribution in [2.24, 2.45) is 5.92 Å². The normalized spacial score (nSPS) is 21.9. The first-order valence-electron chi connectivity index (χ1n) is 13.3. The molecular weight excluding hydrogens is 462 g/mol. The Morgan fingerprint density at radius 2 is 2.06 bits per heavy atom. The van der Waals surface area contributed by atoms with Crippen LogP contribution in [-0.4, -0.2) is 51.4 Å². The molecule has 2 aliphatic carbocycles. The first-order valence-corrected chi connectivity index (χ1v) is 14.4. The van der Waals surface area contributed by atoms with Crippen LogP contribution in [0.4, 0.5) is 0 Å². The zero-order valence-corrected chi connectivity index (χ0v) is 23.5. The summed E-state index contributed by atoms with van der Waals surface area (Å²) in [4.78, 5) is 20.6. The van der Waals surface area contributed by atoms with Crippen LogP contribution >= 0.6 is 0 Å². The maximum Gasteiger partial charge on any atom is 0.252 e. The van der Waals surface area contributed by atoms with Gasteiger partial charge in [0.1, 0.15) is 5.75 Å². The molecule has 1 amide bonds. The van der Waals surface area contributed by atoms with Crippen molar-refractivity contribution in [1.82, 2.24) is 15.2 Å². The number of amides is 1. The summed E-state index contributed by atoms with van der Waals surface area (Å²) in [5.74, 6) is 1.48. The summed E-state index contributed by atoms with van der Waals surface area (Å²) in [5, 5.41) is 4.55. The van der Waals surface area contributed by atoms with Crippen molar-refractivity contribution in [3.63, 3.8) is 0 Å². The smallest absolute Gasteiger partial charge is 0.252 e. The van der Waals surface area contributed by atoms with Crippen molar-refractivity contribution >= 4 is 33.1 Å². The van der Waals surface area contributed by atoms with Crippen molar-refractivity contribution in [2.45, 2.75) is 56.3 Å². The Kier molecular flexibility index (Phi) is 5.96. The van der Waals surface area contributed by atoms with Crippen LogP contribution in [0.15, 0.2) is 54.7 Å². The van der Waals surface area contributed by atoms with Gasteiger partial charge in [0.15, 0.2) is 0 Å². The average Bonchev–Trinajstić information content (AvgIpc) is 3.79. The van der Waals surface area contributed by atoms with Crippen molar-refractivity contribution in [2.75, 3.05) is 13.6 Å². The largest absolute Gasteiger partial charge is 0.494 e. The van der Waals surface area contributed by atoms with Gasteiger partial charge in [0, 0.05) is 23.2 Å². The van der Waals surface area contributed by atoms with Crippen molar-refractivity contribution in [3.8, 4) is 5.75 Å². The third-order valence-corrected chi connectivity index (χ3v) is 9.21. The molecule has 2 saturated carbocycles. The van der Waals surface area contributed by atoms with Gasteiger partial charge in [-0.1, -0.05) is 24.3 Å². The number of benzene rings is 2. The van der Waals surface area contributed by atoms with Gasteiger partial charge >= 0.3 is 0 Å². The second kappa shape index (κ2) is 9.16. The molecule has 1 aromatic heterocycles. The molecular formula is C30H35N3O2Si. The van der Waals surface area contributed by atoms with Crippen molar-refractivity contribution in [1.29, 1.82) is 0 Å². The summed E-state index contributed by atoms with van der Waals surface area (Å²) in [7, 11) is 3.11. The van der Waals surface area contributed by atoms with E-state index in [-0.39, 0.29) is 17.2 Å². The Morgan fingerprint density at radius 3 is 2.75 bits per heavy atom. The number of ether oxygens (including phenoxy) is 1. The van der Waals surface area contributed by atoms with E-state index in [1.807, 2.05) is 37.4 Å². The number of hydrogen-bond donors (Lipinski definition) is 1. The summed E-state index contributed by atoms with van der Waals surface area (Å²) in [6, 6.07) is 14.9. The van der Waals surface area contributed by atoms with Gasteiger partial charge in [0.05, 0.1) is 27.0 Å². The van der Waals surface area contributed by atoms with Gasteiger partial charge in [-0.3, -0.25) is 9.78 Å². The van der Waals surface area contributed by atoms with Crippen LogP contribution in [0.3, 0.4) is 0 Å². The first-order chi connectivity index (χ1) is 17.4. The van der Waals surface area contributed by atoms with E-state index >= 15 is 0 Å². The lowest BCUT2D eigenvalue weighted by Gasteiger charge is -2.41. The minimum Gasteiger partial charge on any atom is -0.494 e. The summed E-state index contributed by atoms with van der Waals surface area (Å²) >= 11 is 0. The van der Waals surface area contributed by atoms with Crippen LogP contribution in [0.25, 0.3) is 17.0 Å². The fraction of sp³-hybridized carbons (Fsp3) is 0.400. The summed E-state index contributed by atoms with van der Waals surface area (Å²) in [6.45, 7) is 3.14. The van der Waals surface area contributed by atoms with E-state index in [4.69, 9.17) is 4.74 Å². The standard InChI is InChI=1S/C30H35N3O2Si/c1-19-5-10-22(35-29(36)27-11-15-33(27)2)18-24(19)28(34)32-30(12-13-30)25-16-21(9-8-20-6-7-20)17-26-23(25)4-3-14-31-26/h3-5,8-10,14,16-18,20,27,29H,6-7,11-13,15H2,1-2,36H3,(H,32,34)/b9-8+/t27-,29-/m0/s1. The van der Waals surface area contributed by atoms with Crippen molar-refractivity contribution in [3.05, 3.63) is 77.0 Å². The zero-order valence-electron chi connectivity index (χ0n) is 21.5. The lowest BCUT2D eigenvalue weighted by atomic mass is 9.95. The molecule has 0 spiro atoms. The fourth-order valence-corrected chi connectivity index (χ4v) is 6.56. The third-order valence-electron chi connectivity index (χ3n) is 8.21. The number of pyridine rings is 1. The lowest BCUT2D eigenvalue weighted by molar-refractivity contribution is 0.0562. The summed E-state index contributed by atoms with van der Waals surface area (Å²) in [6.07, 6.45) is 12.0. The molecule has 0 bridgehead atoms. The van der Waals surface area contributed by atoms with E-state index in [0.717, 1.165) is 63.3 Å². The Balaban J connectivity index is 1.27. The van der Waals surface area contributed by atoms with Crippen LogP contribution in [0, 0.1) is 12.8 Å². The molecule has 3 aromatic rings. The maximum atomic E-state index is 13.6. The zero-order chi connectivity index (χ0) is 24.9. The number of carbonyl (C=O) groups excluding carboxylic acids is 1. The number of aryl methyl sites for hydroxylation is 1. The number of likely N-dealkylation sites (tertiary alicyclic amines) is 1. The highest BCUT2D eigenvalue weighted by Crippen LogP contribution is 2.48. The van der Waals surface area contributed by atoms with Crippen molar-refractivity contribution < 1.29 is 9.53 Å². The molecule has 2 heterocycles. The molecule has 3 fully saturated rings. The molecule has 1 aliphatic heterocycles. The molecule has 5 nitrogen and oxygen atoms in total. The van der Waals surface area contributed by atoms with Crippen LogP contribution in [0.1, 0.15) is 59.2 Å². The Morgan fingerprint density at radius 1 is 1.22 bits per heavy atom. The molecule has 36 heavy (non-hydrogen) atoms. The van der Waals surface area contributed by atoms with Gasteiger partial charge in [-0.25, -0.2) is 0 Å². The fourth-order valence-electron chi connectivity index (χ4n) is 5.45. The van der Waals surface area contributed by atoms with E-state index in [9.17, 15) is 4.79 Å². The van der Waals surface area contributed by atoms with E-state index in [2.05, 4.69) is 52.6 Å². The SMILES string of the molecule is Cc1ccc(O[C@@H]([SiH3])[C@@H]2CCN2C)cc1C(=O)NC1(c2cc(/C=C/C3CC3)cc3ncccc23)CC1. The first kappa shape index (κ1) is 23.4. The van der Waals surface area contributed by atoms with Crippen LogP contribution in [-0.2, 0) is 5.54 Å². The number of rotatable bonds is 8. The van der Waals surface area contributed by atoms with Gasteiger partial charge in [-0.15, -0.1) is 0 Å². The number of nitrogens with zero attached hydrogens (tertiary/aromatic N) is 2. The van der Waals surface area contributed by atoms with Gasteiger partial charge in [-0.05, 0) is 106 Å². The average molecular weight is 498 g/mol. The molecule has 0 unspecified atom stereocenters. The number of fused-ring (bicyclic) bond motifs is 1. The minimum absolute atomic E-state index is 0.0305. The molecule has 186 valence electrons. The summed E-state index contributed by atoms with van der Waals surface area (Å²) < 4.78 is 6.31. The van der Waals surface area contributed by atoms with E-state index in [1.165, 1.54) is 24.8 Å². The predicted molar refractivity (Wildman–Crippen MR) is 148 cm³/mol. The molecule has 3 aliphatic rings. The lowest BCUT2D eigenvalue weighted by Crippen LogP contribution is -2.53. The molecule has 2 aromatic carbocycles. The third kappa shape index (κ3) is 4.60. The Labute approximate surface area is 216 Å². The molecule has 1 N–H and O–H groups in total. The minimum atomic E-state index is -0.347. The quantitative estimate of drug-likeness (QED) is 0.475. The second-order valence-corrected chi connectivity index (χ2v) is 12.1. The molecule has 2 atom stereocenters. The van der Waals surface area contributed by atoms with Crippen LogP contribution in [0.2, 0.25) is 0 Å². The number of allylic oxidation sites excluding steroid dienone is 1. The number of hydrogen-bond acceptors (Lipinski definition) is 4. The number of carbonyl (C=O) groups is 1. The molecule has 6 rings (SSSR count). The number of aromatic nitrogens is 1. The van der Waals surface area contributed by atoms with Crippen LogP contribution in [0.5, 0.6) is 5.75 Å². The van der Waals surface area contributed by atoms with Gasteiger partial charge in [0.25, 0.3) is 5.91 Å². The Bertz CT molecular complexity index is 1350. The van der Waals surface area contributed by atoms with E-state index < -0.39 is 0 Å². The van der Waals surface area contributed by atoms with Gasteiger partial charge in [-0.2, -0.15) is 0 Å². The highest BCUT2D eigenvalue weighted by atomic mass is 28.1. The molecule has 0 radical (unpaired) electrons. The summed E-state index contributed by atoms with van der Waals surface area (Å²) in [5.41, 5.74) is 4.86. The Hall–Kier alpha value is -2.96. The molecule has 6 heteroatoms. The van der Waals surface area contributed by atoms with E-state index in [0.29, 0.717) is 11.6 Å². The second-order valence-electron chi connectivity index (χ2n) is 11.0. The monoisotopic (exact) mass is 497 g/mol. The molecule has 1 saturated heterocycles.